The molecule has 5 nitrogen and oxygen atoms in total. The molecule has 2 rings (SSSR count). The van der Waals surface area contributed by atoms with E-state index >= 15 is 0 Å². The molecule has 2 aromatic rings. The number of carbonyl (C=O) groups is 1. The van der Waals surface area contributed by atoms with Gasteiger partial charge in [0.1, 0.15) is 0 Å². The maximum absolute atomic E-state index is 12.2. The maximum atomic E-state index is 12.2. The Kier molecular flexibility index (Phi) is 3.46. The number of nitrogens with two attached hydrogens (primary N) is 1. The second-order valence-corrected chi connectivity index (χ2v) is 4.26. The van der Waals surface area contributed by atoms with Crippen LogP contribution in [0.2, 0.25) is 0 Å². The van der Waals surface area contributed by atoms with Crippen LogP contribution in [0.1, 0.15) is 22.8 Å². The van der Waals surface area contributed by atoms with Gasteiger partial charge in [-0.15, -0.1) is 0 Å². The summed E-state index contributed by atoms with van der Waals surface area (Å²) in [6.45, 7) is 4.16. The van der Waals surface area contributed by atoms with E-state index in [9.17, 15) is 9.59 Å². The van der Waals surface area contributed by atoms with Crippen molar-refractivity contribution in [2.24, 2.45) is 5.73 Å². The Morgan fingerprint density at radius 3 is 2.74 bits per heavy atom. The van der Waals surface area contributed by atoms with Crippen LogP contribution in [0.3, 0.4) is 0 Å². The van der Waals surface area contributed by atoms with Crippen LogP contribution in [-0.2, 0) is 6.54 Å². The predicted octanol–water partition coefficient (Wildman–Crippen LogP) is 1.34. The minimum Gasteiger partial charge on any atom is -0.366 e. The van der Waals surface area contributed by atoms with E-state index in [2.05, 4.69) is 5.10 Å². The quantitative estimate of drug-likeness (QED) is 0.901. The second-order valence-electron chi connectivity index (χ2n) is 4.26. The number of aromatic nitrogens is 2. The van der Waals surface area contributed by atoms with Gasteiger partial charge < -0.3 is 5.73 Å². The molecule has 2 N–H and O–H groups in total. The number of aryl methyl sites for hydroxylation is 2. The lowest BCUT2D eigenvalue weighted by Gasteiger charge is -2.07. The molecule has 0 aliphatic carbocycles. The first kappa shape index (κ1) is 13.0. The number of amides is 1. The molecule has 0 unspecified atom stereocenters. The van der Waals surface area contributed by atoms with Crippen molar-refractivity contribution >= 4 is 5.91 Å². The molecule has 0 spiro atoms. The van der Waals surface area contributed by atoms with Gasteiger partial charge in [0.2, 0.25) is 5.91 Å². The van der Waals surface area contributed by atoms with Gasteiger partial charge in [-0.25, -0.2) is 4.68 Å². The number of hydrogen-bond donors (Lipinski definition) is 1. The highest BCUT2D eigenvalue weighted by Gasteiger charge is 2.10. The third-order valence-electron chi connectivity index (χ3n) is 3.03. The third kappa shape index (κ3) is 2.40. The van der Waals surface area contributed by atoms with Crippen LogP contribution in [0.5, 0.6) is 0 Å². The van der Waals surface area contributed by atoms with Crippen molar-refractivity contribution in [3.8, 4) is 11.1 Å². The third-order valence-corrected chi connectivity index (χ3v) is 3.03. The maximum Gasteiger partial charge on any atom is 0.274 e. The lowest BCUT2D eigenvalue weighted by Crippen LogP contribution is -2.23. The first-order valence-corrected chi connectivity index (χ1v) is 6.01. The molecule has 1 heterocycles. The zero-order valence-corrected chi connectivity index (χ0v) is 10.9. The Balaban J connectivity index is 2.63. The summed E-state index contributed by atoms with van der Waals surface area (Å²) in [7, 11) is 0. The van der Waals surface area contributed by atoms with Crippen LogP contribution in [0.25, 0.3) is 11.1 Å². The standard InChI is InChI=1S/C14H15N3O2/c1-3-17-14(19)11(6-7-16-17)10-5-4-9(2)12(8-10)13(15)18/h4-8H,3H2,1-2H3,(H2,15,18). The lowest BCUT2D eigenvalue weighted by atomic mass is 10.0. The number of benzene rings is 1. The molecule has 98 valence electrons. The largest absolute Gasteiger partial charge is 0.366 e. The highest BCUT2D eigenvalue weighted by atomic mass is 16.1. The van der Waals surface area contributed by atoms with Crippen molar-refractivity contribution in [1.82, 2.24) is 9.78 Å². The van der Waals surface area contributed by atoms with E-state index in [1.807, 2.05) is 6.92 Å². The summed E-state index contributed by atoms with van der Waals surface area (Å²) in [5.41, 5.74) is 7.55. The Morgan fingerprint density at radius 1 is 1.37 bits per heavy atom. The van der Waals surface area contributed by atoms with Gasteiger partial charge in [0.15, 0.2) is 0 Å². The fraction of sp³-hybridized carbons (Fsp3) is 0.214. The average molecular weight is 257 g/mol. The molecule has 0 radical (unpaired) electrons. The van der Waals surface area contributed by atoms with Gasteiger partial charge in [-0.3, -0.25) is 9.59 Å². The normalized spacial score (nSPS) is 10.4. The summed E-state index contributed by atoms with van der Waals surface area (Å²) in [6, 6.07) is 6.88. The topological polar surface area (TPSA) is 78.0 Å². The van der Waals surface area contributed by atoms with Crippen molar-refractivity contribution in [2.75, 3.05) is 0 Å². The van der Waals surface area contributed by atoms with Crippen molar-refractivity contribution in [3.05, 3.63) is 51.9 Å². The number of nitrogens with zero attached hydrogens (tertiary/aromatic N) is 2. The number of primary amides is 1. The predicted molar refractivity (Wildman–Crippen MR) is 72.9 cm³/mol. The monoisotopic (exact) mass is 257 g/mol. The smallest absolute Gasteiger partial charge is 0.274 e. The molecule has 1 amide bonds. The lowest BCUT2D eigenvalue weighted by molar-refractivity contribution is 0.1000. The van der Waals surface area contributed by atoms with Crippen LogP contribution in [0.15, 0.2) is 35.3 Å². The van der Waals surface area contributed by atoms with Gasteiger partial charge in [-0.05, 0) is 37.1 Å². The van der Waals surface area contributed by atoms with Crippen LogP contribution in [0.4, 0.5) is 0 Å². The molecular weight excluding hydrogens is 242 g/mol. The number of hydrogen-bond acceptors (Lipinski definition) is 3. The average Bonchev–Trinajstić information content (AvgIpc) is 2.39. The molecule has 0 aliphatic heterocycles. The van der Waals surface area contributed by atoms with Gasteiger partial charge in [0.05, 0.1) is 5.56 Å². The number of carbonyl (C=O) groups excluding carboxylic acids is 1. The Bertz CT molecular complexity index is 689. The van der Waals surface area contributed by atoms with E-state index in [-0.39, 0.29) is 5.56 Å². The zero-order valence-electron chi connectivity index (χ0n) is 10.9. The van der Waals surface area contributed by atoms with Gasteiger partial charge >= 0.3 is 0 Å². The van der Waals surface area contributed by atoms with Crippen LogP contribution >= 0.6 is 0 Å². The van der Waals surface area contributed by atoms with Crippen molar-refractivity contribution in [2.45, 2.75) is 20.4 Å². The minimum absolute atomic E-state index is 0.177. The summed E-state index contributed by atoms with van der Waals surface area (Å²) in [6.07, 6.45) is 1.57. The molecule has 0 saturated carbocycles. The zero-order chi connectivity index (χ0) is 14.0. The van der Waals surface area contributed by atoms with Crippen LogP contribution in [-0.4, -0.2) is 15.7 Å². The SMILES string of the molecule is CCn1nccc(-c2ccc(C)c(C(N)=O)c2)c1=O. The molecule has 0 bridgehead atoms. The first-order valence-electron chi connectivity index (χ1n) is 6.01. The van der Waals surface area contributed by atoms with Gasteiger partial charge in [-0.1, -0.05) is 12.1 Å². The summed E-state index contributed by atoms with van der Waals surface area (Å²) in [5.74, 6) is -0.496. The minimum atomic E-state index is -0.496. The molecule has 1 aromatic carbocycles. The van der Waals surface area contributed by atoms with E-state index in [1.54, 1.807) is 37.4 Å². The van der Waals surface area contributed by atoms with E-state index in [1.165, 1.54) is 4.68 Å². The molecular formula is C14H15N3O2. The van der Waals surface area contributed by atoms with E-state index in [0.29, 0.717) is 23.2 Å². The summed E-state index contributed by atoms with van der Waals surface area (Å²) in [4.78, 5) is 23.5. The Hall–Kier alpha value is -2.43. The summed E-state index contributed by atoms with van der Waals surface area (Å²) in [5, 5.41) is 3.97. The molecule has 5 heteroatoms. The fourth-order valence-corrected chi connectivity index (χ4v) is 1.95. The van der Waals surface area contributed by atoms with E-state index < -0.39 is 5.91 Å². The summed E-state index contributed by atoms with van der Waals surface area (Å²) < 4.78 is 1.37. The molecule has 0 saturated heterocycles. The molecule has 1 aromatic heterocycles. The Labute approximate surface area is 110 Å². The van der Waals surface area contributed by atoms with Crippen molar-refractivity contribution in [3.63, 3.8) is 0 Å². The van der Waals surface area contributed by atoms with Gasteiger partial charge in [-0.2, -0.15) is 5.10 Å². The van der Waals surface area contributed by atoms with E-state index in [4.69, 9.17) is 5.73 Å². The highest BCUT2D eigenvalue weighted by Crippen LogP contribution is 2.19. The highest BCUT2D eigenvalue weighted by molar-refractivity contribution is 5.95. The molecule has 0 aliphatic rings. The first-order chi connectivity index (χ1) is 9.04. The van der Waals surface area contributed by atoms with Gasteiger partial charge in [0.25, 0.3) is 5.56 Å². The summed E-state index contributed by atoms with van der Waals surface area (Å²) >= 11 is 0. The van der Waals surface area contributed by atoms with Crippen LogP contribution in [0, 0.1) is 6.92 Å². The van der Waals surface area contributed by atoms with Gasteiger partial charge in [0, 0.05) is 18.3 Å². The number of rotatable bonds is 3. The second kappa shape index (κ2) is 5.06. The molecule has 0 atom stereocenters. The molecule has 0 fully saturated rings. The van der Waals surface area contributed by atoms with Crippen molar-refractivity contribution < 1.29 is 4.79 Å². The fourth-order valence-electron chi connectivity index (χ4n) is 1.95. The Morgan fingerprint density at radius 2 is 2.11 bits per heavy atom. The van der Waals surface area contributed by atoms with Crippen molar-refractivity contribution in [1.29, 1.82) is 0 Å². The van der Waals surface area contributed by atoms with Crippen LogP contribution < -0.4 is 11.3 Å². The van der Waals surface area contributed by atoms with E-state index in [0.717, 1.165) is 5.56 Å². The molecule has 19 heavy (non-hydrogen) atoms.